The molecular formula is C23H25N3O5. The summed E-state index contributed by atoms with van der Waals surface area (Å²) in [5.74, 6) is -1.97. The number of Topliss-reactive ketones (excluding diaryl/α,β-unsaturated/α-hetero) is 1. The molecule has 0 radical (unpaired) electrons. The van der Waals surface area contributed by atoms with Gasteiger partial charge in [0, 0.05) is 19.4 Å². The maximum atomic E-state index is 13.0. The molecule has 1 aliphatic heterocycles. The van der Waals surface area contributed by atoms with E-state index in [2.05, 4.69) is 5.32 Å². The minimum Gasteiger partial charge on any atom is -0.497 e. The molecule has 1 unspecified atom stereocenters. The smallest absolute Gasteiger partial charge is 0.287 e. The molecule has 3 amide bonds. The summed E-state index contributed by atoms with van der Waals surface area (Å²) in [7, 11) is 1.55. The average molecular weight is 423 g/mol. The van der Waals surface area contributed by atoms with Gasteiger partial charge < -0.3 is 20.7 Å². The molecule has 2 atom stereocenters. The maximum absolute atomic E-state index is 13.0. The van der Waals surface area contributed by atoms with Crippen LogP contribution in [0.15, 0.2) is 54.6 Å². The number of nitrogens with two attached hydrogens (primary N) is 1. The Morgan fingerprint density at radius 3 is 2.52 bits per heavy atom. The van der Waals surface area contributed by atoms with E-state index < -0.39 is 29.7 Å². The van der Waals surface area contributed by atoms with Crippen molar-refractivity contribution in [2.45, 2.75) is 37.9 Å². The summed E-state index contributed by atoms with van der Waals surface area (Å²) < 4.78 is 5.21. The van der Waals surface area contributed by atoms with Gasteiger partial charge in [0.15, 0.2) is 0 Å². The normalized spacial score (nSPS) is 16.6. The van der Waals surface area contributed by atoms with Gasteiger partial charge in [0.25, 0.3) is 5.91 Å². The molecule has 8 nitrogen and oxygen atoms in total. The number of benzene rings is 2. The first-order valence-corrected chi connectivity index (χ1v) is 9.99. The monoisotopic (exact) mass is 423 g/mol. The quantitative estimate of drug-likeness (QED) is 0.583. The largest absolute Gasteiger partial charge is 0.497 e. The molecule has 0 spiro atoms. The number of nitrogens with one attached hydrogen (secondary N) is 1. The molecule has 31 heavy (non-hydrogen) atoms. The fourth-order valence-corrected chi connectivity index (χ4v) is 3.67. The van der Waals surface area contributed by atoms with Crippen molar-refractivity contribution in [1.29, 1.82) is 0 Å². The number of ether oxygens (including phenoxy) is 1. The maximum Gasteiger partial charge on any atom is 0.287 e. The molecule has 2 aromatic rings. The lowest BCUT2D eigenvalue weighted by molar-refractivity contribution is -0.140. The molecule has 0 aromatic heterocycles. The molecule has 3 rings (SSSR count). The van der Waals surface area contributed by atoms with Gasteiger partial charge in [0.05, 0.1) is 7.11 Å². The summed E-state index contributed by atoms with van der Waals surface area (Å²) in [5, 5.41) is 2.64. The first kappa shape index (κ1) is 22.0. The van der Waals surface area contributed by atoms with Crippen LogP contribution in [0, 0.1) is 0 Å². The van der Waals surface area contributed by atoms with E-state index in [1.807, 2.05) is 18.2 Å². The van der Waals surface area contributed by atoms with Crippen LogP contribution in [0.3, 0.4) is 0 Å². The van der Waals surface area contributed by atoms with Gasteiger partial charge in [-0.1, -0.05) is 42.5 Å². The molecule has 1 saturated heterocycles. The lowest BCUT2D eigenvalue weighted by atomic mass is 10.0. The van der Waals surface area contributed by atoms with Crippen LogP contribution < -0.4 is 15.8 Å². The van der Waals surface area contributed by atoms with Crippen molar-refractivity contribution >= 4 is 23.5 Å². The van der Waals surface area contributed by atoms with E-state index in [0.717, 1.165) is 11.1 Å². The predicted octanol–water partition coefficient (Wildman–Crippen LogP) is 0.968. The van der Waals surface area contributed by atoms with Crippen LogP contribution in [-0.2, 0) is 32.1 Å². The predicted molar refractivity (Wildman–Crippen MR) is 113 cm³/mol. The average Bonchev–Trinajstić information content (AvgIpc) is 3.13. The Bertz CT molecular complexity index is 976. The van der Waals surface area contributed by atoms with Crippen LogP contribution >= 0.6 is 0 Å². The Hall–Kier alpha value is -3.68. The first-order chi connectivity index (χ1) is 14.9. The molecule has 1 aliphatic rings. The van der Waals surface area contributed by atoms with E-state index in [1.165, 1.54) is 4.90 Å². The van der Waals surface area contributed by atoms with E-state index >= 15 is 0 Å². The summed E-state index contributed by atoms with van der Waals surface area (Å²) in [6, 6.07) is 14.4. The molecule has 1 fully saturated rings. The molecule has 1 heterocycles. The number of hydrogen-bond acceptors (Lipinski definition) is 5. The van der Waals surface area contributed by atoms with Crippen LogP contribution in [0.2, 0.25) is 0 Å². The topological polar surface area (TPSA) is 119 Å². The number of primary amides is 1. The van der Waals surface area contributed by atoms with Gasteiger partial charge in [-0.05, 0) is 29.7 Å². The van der Waals surface area contributed by atoms with Crippen LogP contribution in [0.5, 0.6) is 5.75 Å². The third-order valence-corrected chi connectivity index (χ3v) is 5.28. The van der Waals surface area contributed by atoms with Crippen molar-refractivity contribution < 1.29 is 23.9 Å². The zero-order chi connectivity index (χ0) is 22.4. The van der Waals surface area contributed by atoms with Crippen molar-refractivity contribution in [3.63, 3.8) is 0 Å². The summed E-state index contributed by atoms with van der Waals surface area (Å²) >= 11 is 0. The van der Waals surface area contributed by atoms with Gasteiger partial charge in [-0.2, -0.15) is 0 Å². The molecule has 0 bridgehead atoms. The lowest BCUT2D eigenvalue weighted by Crippen LogP contribution is -2.53. The molecule has 8 heteroatoms. The number of methoxy groups -OCH3 is 1. The minimum atomic E-state index is -1.11. The SMILES string of the molecule is COc1cccc(CN2C(=O)CC[C@H]2C(=O)NC(Cc2ccccc2)C(=O)C(N)=O)c1. The van der Waals surface area contributed by atoms with E-state index in [1.54, 1.807) is 43.5 Å². The molecule has 3 N–H and O–H groups in total. The second-order valence-corrected chi connectivity index (χ2v) is 7.41. The van der Waals surface area contributed by atoms with Gasteiger partial charge in [0.1, 0.15) is 17.8 Å². The highest BCUT2D eigenvalue weighted by Gasteiger charge is 2.38. The number of nitrogens with zero attached hydrogens (tertiary/aromatic N) is 1. The summed E-state index contributed by atoms with van der Waals surface area (Å²) in [4.78, 5) is 50.8. The Kier molecular flexibility index (Phi) is 7.02. The molecule has 0 aliphatic carbocycles. The number of carbonyl (C=O) groups excluding carboxylic acids is 4. The Labute approximate surface area is 180 Å². The van der Waals surface area contributed by atoms with Crippen molar-refractivity contribution in [1.82, 2.24) is 10.2 Å². The molecular weight excluding hydrogens is 398 g/mol. The van der Waals surface area contributed by atoms with E-state index in [9.17, 15) is 19.2 Å². The van der Waals surface area contributed by atoms with Crippen molar-refractivity contribution in [2.24, 2.45) is 5.73 Å². The van der Waals surface area contributed by atoms with Gasteiger partial charge in [-0.25, -0.2) is 0 Å². The zero-order valence-electron chi connectivity index (χ0n) is 17.2. The third kappa shape index (κ3) is 5.48. The second-order valence-electron chi connectivity index (χ2n) is 7.41. The van der Waals surface area contributed by atoms with Crippen LogP contribution in [-0.4, -0.2) is 47.6 Å². The minimum absolute atomic E-state index is 0.130. The number of ketones is 1. The zero-order valence-corrected chi connectivity index (χ0v) is 17.2. The van der Waals surface area contributed by atoms with Crippen LogP contribution in [0.1, 0.15) is 24.0 Å². The highest BCUT2D eigenvalue weighted by Crippen LogP contribution is 2.23. The Morgan fingerprint density at radius 1 is 1.13 bits per heavy atom. The van der Waals surface area contributed by atoms with Crippen LogP contribution in [0.25, 0.3) is 0 Å². The Morgan fingerprint density at radius 2 is 1.84 bits per heavy atom. The highest BCUT2D eigenvalue weighted by molar-refractivity contribution is 6.37. The third-order valence-electron chi connectivity index (χ3n) is 5.28. The van der Waals surface area contributed by atoms with Crippen molar-refractivity contribution in [2.75, 3.05) is 7.11 Å². The number of carbonyl (C=O) groups is 4. The van der Waals surface area contributed by atoms with Crippen LogP contribution in [0.4, 0.5) is 0 Å². The summed E-state index contributed by atoms with van der Waals surface area (Å²) in [5.41, 5.74) is 6.78. The number of amides is 3. The first-order valence-electron chi connectivity index (χ1n) is 9.99. The highest BCUT2D eigenvalue weighted by atomic mass is 16.5. The van der Waals surface area contributed by atoms with Crippen molar-refractivity contribution in [3.05, 3.63) is 65.7 Å². The number of rotatable bonds is 9. The van der Waals surface area contributed by atoms with Gasteiger partial charge in [-0.3, -0.25) is 19.2 Å². The van der Waals surface area contributed by atoms with E-state index in [0.29, 0.717) is 12.2 Å². The fraction of sp³-hybridized carbons (Fsp3) is 0.304. The Balaban J connectivity index is 1.75. The van der Waals surface area contributed by atoms with E-state index in [4.69, 9.17) is 10.5 Å². The summed E-state index contributed by atoms with van der Waals surface area (Å²) in [6.45, 7) is 0.237. The number of likely N-dealkylation sites (tertiary alicyclic amines) is 1. The lowest BCUT2D eigenvalue weighted by Gasteiger charge is -2.26. The van der Waals surface area contributed by atoms with E-state index in [-0.39, 0.29) is 25.3 Å². The van der Waals surface area contributed by atoms with Gasteiger partial charge >= 0.3 is 0 Å². The molecule has 0 saturated carbocycles. The molecule has 2 aromatic carbocycles. The van der Waals surface area contributed by atoms with Crippen molar-refractivity contribution in [3.8, 4) is 5.75 Å². The summed E-state index contributed by atoms with van der Waals surface area (Å²) in [6.07, 6.45) is 0.692. The fourth-order valence-electron chi connectivity index (χ4n) is 3.67. The standard InChI is InChI=1S/C23H25N3O5/c1-31-17-9-5-8-16(12-17)14-26-19(10-11-20(26)27)23(30)25-18(21(28)22(24)29)13-15-6-3-2-4-7-15/h2-9,12,18-19H,10-11,13-14H2,1H3,(H2,24,29)(H,25,30)/t18?,19-/m0/s1. The van der Waals surface area contributed by atoms with Gasteiger partial charge in [-0.15, -0.1) is 0 Å². The van der Waals surface area contributed by atoms with Gasteiger partial charge in [0.2, 0.25) is 17.6 Å². The molecule has 162 valence electrons. The number of hydrogen-bond donors (Lipinski definition) is 2. The second kappa shape index (κ2) is 9.88.